The van der Waals surface area contributed by atoms with Gasteiger partial charge < -0.3 is 19.5 Å². The number of ether oxygens (including phenoxy) is 3. The first-order chi connectivity index (χ1) is 17.3. The van der Waals surface area contributed by atoms with Gasteiger partial charge in [0, 0.05) is 24.4 Å². The first kappa shape index (κ1) is 27.5. The van der Waals surface area contributed by atoms with Crippen LogP contribution in [0.15, 0.2) is 54.6 Å². The molecule has 0 atom stereocenters. The summed E-state index contributed by atoms with van der Waals surface area (Å²) in [7, 11) is 0. The molecular formula is C28H34BrN3O4. The molecule has 2 aromatic carbocycles. The van der Waals surface area contributed by atoms with Gasteiger partial charge >= 0.3 is 5.97 Å². The second kappa shape index (κ2) is 13.3. The minimum Gasteiger partial charge on any atom is -0.494 e. The van der Waals surface area contributed by atoms with Crippen molar-refractivity contribution < 1.29 is 19.0 Å². The van der Waals surface area contributed by atoms with Crippen molar-refractivity contribution in [3.05, 3.63) is 77.1 Å². The summed E-state index contributed by atoms with van der Waals surface area (Å²) in [6.07, 6.45) is 1.47. The standard InChI is InChI=1S/C28H34BrN3O4/c1-5-34-26-18-24(30-19-21-9-13-23(14-10-21)35-16-6-15-29)31-25(32-26)17-20-7-11-22(12-8-20)27(33)36-28(2,3)4/h7-14,18H,5-6,15-17,19H2,1-4H3,(H,30,31,32). The lowest BCUT2D eigenvalue weighted by molar-refractivity contribution is 0.00695. The van der Waals surface area contributed by atoms with E-state index in [0.29, 0.717) is 49.3 Å². The number of nitrogens with one attached hydrogen (secondary N) is 1. The number of carbonyl (C=O) groups excluding carboxylic acids is 1. The average molecular weight is 557 g/mol. The van der Waals surface area contributed by atoms with Crippen molar-refractivity contribution in [2.24, 2.45) is 0 Å². The summed E-state index contributed by atoms with van der Waals surface area (Å²) in [4.78, 5) is 21.5. The quantitative estimate of drug-likeness (QED) is 0.162. The Morgan fingerprint density at radius 2 is 1.67 bits per heavy atom. The fourth-order valence-corrected chi connectivity index (χ4v) is 3.51. The maximum absolute atomic E-state index is 12.3. The molecule has 7 nitrogen and oxygen atoms in total. The van der Waals surface area contributed by atoms with Gasteiger partial charge in [0.1, 0.15) is 23.0 Å². The Morgan fingerprint density at radius 1 is 0.972 bits per heavy atom. The average Bonchev–Trinajstić information content (AvgIpc) is 2.83. The lowest BCUT2D eigenvalue weighted by Crippen LogP contribution is -2.23. The third kappa shape index (κ3) is 9.15. The monoisotopic (exact) mass is 555 g/mol. The Kier molecular flexibility index (Phi) is 10.1. The normalized spacial score (nSPS) is 11.1. The summed E-state index contributed by atoms with van der Waals surface area (Å²) in [5, 5.41) is 4.29. The number of rotatable bonds is 12. The van der Waals surface area contributed by atoms with Crippen molar-refractivity contribution in [1.29, 1.82) is 0 Å². The van der Waals surface area contributed by atoms with Crippen LogP contribution in [0.1, 0.15) is 61.4 Å². The predicted octanol–water partition coefficient (Wildman–Crippen LogP) is 6.20. The molecule has 0 unspecified atom stereocenters. The van der Waals surface area contributed by atoms with Gasteiger partial charge in [-0.1, -0.05) is 40.2 Å². The van der Waals surface area contributed by atoms with Crippen molar-refractivity contribution >= 4 is 27.7 Å². The molecule has 0 aliphatic rings. The molecule has 0 amide bonds. The van der Waals surface area contributed by atoms with Gasteiger partial charge in [0.15, 0.2) is 0 Å². The Hall–Kier alpha value is -3.13. The molecule has 0 aliphatic heterocycles. The summed E-state index contributed by atoms with van der Waals surface area (Å²) < 4.78 is 16.8. The molecule has 1 heterocycles. The van der Waals surface area contributed by atoms with E-state index in [1.807, 2.05) is 64.1 Å². The van der Waals surface area contributed by atoms with Crippen LogP contribution in [-0.4, -0.2) is 40.1 Å². The molecular weight excluding hydrogens is 522 g/mol. The number of benzene rings is 2. The Balaban J connectivity index is 1.65. The molecule has 0 saturated carbocycles. The van der Waals surface area contributed by atoms with Gasteiger partial charge in [-0.25, -0.2) is 9.78 Å². The molecule has 0 fully saturated rings. The van der Waals surface area contributed by atoms with E-state index in [0.717, 1.165) is 28.6 Å². The largest absolute Gasteiger partial charge is 0.494 e. The van der Waals surface area contributed by atoms with E-state index in [4.69, 9.17) is 14.2 Å². The van der Waals surface area contributed by atoms with E-state index in [1.54, 1.807) is 18.2 Å². The van der Waals surface area contributed by atoms with Gasteiger partial charge in [-0.05, 0) is 69.5 Å². The number of nitrogens with zero attached hydrogens (tertiary/aromatic N) is 2. The topological polar surface area (TPSA) is 82.6 Å². The second-order valence-corrected chi connectivity index (χ2v) is 10.00. The van der Waals surface area contributed by atoms with Crippen LogP contribution >= 0.6 is 15.9 Å². The molecule has 1 aromatic heterocycles. The van der Waals surface area contributed by atoms with Gasteiger partial charge in [-0.15, -0.1) is 0 Å². The third-order valence-corrected chi connectivity index (χ3v) is 5.50. The van der Waals surface area contributed by atoms with Crippen molar-refractivity contribution in [1.82, 2.24) is 9.97 Å². The highest BCUT2D eigenvalue weighted by Crippen LogP contribution is 2.19. The summed E-state index contributed by atoms with van der Waals surface area (Å²) in [5.74, 6) is 2.36. The van der Waals surface area contributed by atoms with Gasteiger partial charge in [0.05, 0.1) is 18.8 Å². The zero-order valence-electron chi connectivity index (χ0n) is 21.3. The molecule has 1 N–H and O–H groups in total. The smallest absolute Gasteiger partial charge is 0.338 e. The van der Waals surface area contributed by atoms with Crippen LogP contribution in [0.3, 0.4) is 0 Å². The summed E-state index contributed by atoms with van der Waals surface area (Å²) in [6, 6.07) is 17.1. The number of carbonyl (C=O) groups is 1. The van der Waals surface area contributed by atoms with Crippen LogP contribution in [0.5, 0.6) is 11.6 Å². The molecule has 0 bridgehead atoms. The number of hydrogen-bond acceptors (Lipinski definition) is 7. The summed E-state index contributed by atoms with van der Waals surface area (Å²) in [6.45, 7) is 9.28. The number of aromatic nitrogens is 2. The van der Waals surface area contributed by atoms with E-state index < -0.39 is 5.60 Å². The highest BCUT2D eigenvalue weighted by atomic mass is 79.9. The second-order valence-electron chi connectivity index (χ2n) is 9.20. The van der Waals surface area contributed by atoms with Crippen molar-refractivity contribution in [2.45, 2.75) is 52.7 Å². The number of alkyl halides is 1. The number of halogens is 1. The van der Waals surface area contributed by atoms with Gasteiger partial charge in [0.25, 0.3) is 0 Å². The molecule has 0 aliphatic carbocycles. The number of hydrogen-bond donors (Lipinski definition) is 1. The van der Waals surface area contributed by atoms with Crippen LogP contribution in [-0.2, 0) is 17.7 Å². The maximum atomic E-state index is 12.3. The van der Waals surface area contributed by atoms with Crippen LogP contribution < -0.4 is 14.8 Å². The van der Waals surface area contributed by atoms with E-state index in [9.17, 15) is 4.79 Å². The SMILES string of the molecule is CCOc1cc(NCc2ccc(OCCCBr)cc2)nc(Cc2ccc(C(=O)OC(C)(C)C)cc2)n1. The van der Waals surface area contributed by atoms with Crippen molar-refractivity contribution in [3.63, 3.8) is 0 Å². The molecule has 0 saturated heterocycles. The Labute approximate surface area is 221 Å². The zero-order valence-corrected chi connectivity index (χ0v) is 22.9. The highest BCUT2D eigenvalue weighted by molar-refractivity contribution is 9.09. The molecule has 0 spiro atoms. The van der Waals surface area contributed by atoms with E-state index >= 15 is 0 Å². The molecule has 0 radical (unpaired) electrons. The van der Waals surface area contributed by atoms with Crippen LogP contribution in [0, 0.1) is 0 Å². The van der Waals surface area contributed by atoms with Crippen LogP contribution in [0.25, 0.3) is 0 Å². The lowest BCUT2D eigenvalue weighted by Gasteiger charge is -2.19. The first-order valence-electron chi connectivity index (χ1n) is 12.1. The highest BCUT2D eigenvalue weighted by Gasteiger charge is 2.17. The van der Waals surface area contributed by atoms with E-state index in [2.05, 4.69) is 31.2 Å². The fraction of sp³-hybridized carbons (Fsp3) is 0.393. The lowest BCUT2D eigenvalue weighted by atomic mass is 10.1. The number of esters is 1. The minimum atomic E-state index is -0.532. The summed E-state index contributed by atoms with van der Waals surface area (Å²) >= 11 is 3.41. The van der Waals surface area contributed by atoms with Crippen molar-refractivity contribution in [3.8, 4) is 11.6 Å². The van der Waals surface area contributed by atoms with Gasteiger partial charge in [-0.2, -0.15) is 4.98 Å². The predicted molar refractivity (Wildman–Crippen MR) is 145 cm³/mol. The third-order valence-electron chi connectivity index (χ3n) is 4.94. The van der Waals surface area contributed by atoms with E-state index in [1.165, 1.54) is 0 Å². The molecule has 3 rings (SSSR count). The van der Waals surface area contributed by atoms with Gasteiger partial charge in [-0.3, -0.25) is 0 Å². The fourth-order valence-electron chi connectivity index (χ4n) is 3.28. The van der Waals surface area contributed by atoms with Crippen LogP contribution in [0.4, 0.5) is 5.82 Å². The maximum Gasteiger partial charge on any atom is 0.338 e. The Morgan fingerprint density at radius 3 is 2.31 bits per heavy atom. The van der Waals surface area contributed by atoms with Crippen LogP contribution in [0.2, 0.25) is 0 Å². The van der Waals surface area contributed by atoms with Crippen molar-refractivity contribution in [2.75, 3.05) is 23.9 Å². The van der Waals surface area contributed by atoms with Gasteiger partial charge in [0.2, 0.25) is 5.88 Å². The first-order valence-corrected chi connectivity index (χ1v) is 13.2. The Bertz CT molecular complexity index is 1110. The molecule has 192 valence electrons. The number of anilines is 1. The summed E-state index contributed by atoms with van der Waals surface area (Å²) in [5.41, 5.74) is 2.07. The molecule has 8 heteroatoms. The minimum absolute atomic E-state index is 0.339. The molecule has 3 aromatic rings. The zero-order chi connectivity index (χ0) is 26.0. The molecule has 36 heavy (non-hydrogen) atoms. The van der Waals surface area contributed by atoms with E-state index in [-0.39, 0.29) is 5.97 Å².